The maximum atomic E-state index is 13.2. The maximum Gasteiger partial charge on any atom is 0.407 e. The smallest absolute Gasteiger partial charge is 0.407 e. The summed E-state index contributed by atoms with van der Waals surface area (Å²) in [6.45, 7) is 6.25. The van der Waals surface area contributed by atoms with Gasteiger partial charge in [0, 0.05) is 24.8 Å². The molecule has 0 aliphatic heterocycles. The SMILES string of the molecule is CN(Cc1cnc2nc(N)nc(N)c2n1)c1ccc(C(=O)NC(CCCCNC(=O)OCc2ccccc2)C(=O)OC(C)(C)C)cc1. The van der Waals surface area contributed by atoms with Crippen molar-refractivity contribution >= 4 is 46.6 Å². The van der Waals surface area contributed by atoms with Crippen LogP contribution in [-0.2, 0) is 27.4 Å². The zero-order valence-corrected chi connectivity index (χ0v) is 27.0. The van der Waals surface area contributed by atoms with Crippen molar-refractivity contribution in [3.8, 4) is 0 Å². The van der Waals surface area contributed by atoms with Crippen molar-refractivity contribution in [1.29, 1.82) is 0 Å². The van der Waals surface area contributed by atoms with E-state index >= 15 is 0 Å². The number of benzene rings is 2. The highest BCUT2D eigenvalue weighted by Crippen LogP contribution is 2.19. The normalized spacial score (nSPS) is 11.8. The molecule has 47 heavy (non-hydrogen) atoms. The first kappa shape index (κ1) is 34.3. The molecule has 2 aromatic carbocycles. The Morgan fingerprint density at radius 2 is 1.68 bits per heavy atom. The topological polar surface area (TPSA) is 201 Å². The van der Waals surface area contributed by atoms with Crippen molar-refractivity contribution in [2.45, 2.75) is 64.8 Å². The number of alkyl carbamates (subject to hydrolysis) is 1. The molecule has 14 heteroatoms. The fourth-order valence-corrected chi connectivity index (χ4v) is 4.56. The van der Waals surface area contributed by atoms with E-state index in [4.69, 9.17) is 20.9 Å². The average molecular weight is 644 g/mol. The predicted molar refractivity (Wildman–Crippen MR) is 178 cm³/mol. The Hall–Kier alpha value is -5.53. The summed E-state index contributed by atoms with van der Waals surface area (Å²) in [4.78, 5) is 56.9. The number of nitrogen functional groups attached to an aromatic ring is 2. The number of fused-ring (bicyclic) bond motifs is 1. The summed E-state index contributed by atoms with van der Waals surface area (Å²) >= 11 is 0. The minimum atomic E-state index is -0.868. The monoisotopic (exact) mass is 643 g/mol. The minimum absolute atomic E-state index is 0.0296. The molecule has 0 aliphatic rings. The molecule has 0 saturated heterocycles. The maximum absolute atomic E-state index is 13.2. The fourth-order valence-electron chi connectivity index (χ4n) is 4.56. The summed E-state index contributed by atoms with van der Waals surface area (Å²) in [5, 5.41) is 5.53. The number of carbonyl (C=O) groups excluding carboxylic acids is 3. The molecule has 0 radical (unpaired) electrons. The second kappa shape index (κ2) is 15.7. The number of nitrogens with zero attached hydrogens (tertiary/aromatic N) is 5. The number of anilines is 3. The minimum Gasteiger partial charge on any atom is -0.458 e. The first-order valence-electron chi connectivity index (χ1n) is 15.2. The molecule has 0 fully saturated rings. The summed E-state index contributed by atoms with van der Waals surface area (Å²) in [5.74, 6) is -0.752. The molecule has 0 aliphatic carbocycles. The molecule has 4 rings (SSSR count). The molecule has 4 aromatic rings. The van der Waals surface area contributed by atoms with Crippen LogP contribution in [0.5, 0.6) is 0 Å². The van der Waals surface area contributed by atoms with Gasteiger partial charge in [-0.25, -0.2) is 19.6 Å². The quantitative estimate of drug-likeness (QED) is 0.122. The van der Waals surface area contributed by atoms with Gasteiger partial charge in [-0.2, -0.15) is 9.97 Å². The highest BCUT2D eigenvalue weighted by atomic mass is 16.6. The Bertz CT molecular complexity index is 1680. The molecular formula is C33H41N9O5. The molecule has 0 spiro atoms. The molecule has 1 atom stereocenters. The van der Waals surface area contributed by atoms with Crippen LogP contribution in [0.3, 0.4) is 0 Å². The van der Waals surface area contributed by atoms with Gasteiger partial charge in [0.15, 0.2) is 17.0 Å². The third kappa shape index (κ3) is 10.5. The Morgan fingerprint density at radius 3 is 2.38 bits per heavy atom. The van der Waals surface area contributed by atoms with Crippen LogP contribution in [0.1, 0.15) is 61.6 Å². The van der Waals surface area contributed by atoms with Crippen molar-refractivity contribution in [1.82, 2.24) is 30.6 Å². The number of carbonyl (C=O) groups is 3. The number of aromatic nitrogens is 4. The van der Waals surface area contributed by atoms with Gasteiger partial charge < -0.3 is 36.5 Å². The number of amides is 2. The first-order chi connectivity index (χ1) is 22.4. The summed E-state index contributed by atoms with van der Waals surface area (Å²) in [6.07, 6.45) is 2.53. The van der Waals surface area contributed by atoms with E-state index in [1.54, 1.807) is 51.2 Å². The van der Waals surface area contributed by atoms with Crippen LogP contribution in [0.2, 0.25) is 0 Å². The van der Waals surface area contributed by atoms with Crippen molar-refractivity contribution in [2.75, 3.05) is 30.0 Å². The third-order valence-corrected chi connectivity index (χ3v) is 6.87. The third-order valence-electron chi connectivity index (χ3n) is 6.87. The highest BCUT2D eigenvalue weighted by molar-refractivity contribution is 5.97. The molecule has 2 heterocycles. The Morgan fingerprint density at radius 1 is 0.957 bits per heavy atom. The highest BCUT2D eigenvalue weighted by Gasteiger charge is 2.27. The van der Waals surface area contributed by atoms with E-state index in [0.29, 0.717) is 54.8 Å². The van der Waals surface area contributed by atoms with Crippen LogP contribution in [0, 0.1) is 0 Å². The fraction of sp³-hybridized carbons (Fsp3) is 0.364. The van der Waals surface area contributed by atoms with E-state index in [1.165, 1.54) is 0 Å². The van der Waals surface area contributed by atoms with Gasteiger partial charge in [0.05, 0.1) is 18.4 Å². The standard InChI is InChI=1S/C33H41N9O5/c1-33(2,3)47-30(44)25(12-8-9-17-36-32(45)46-20-21-10-6-5-7-11-21)39-29(43)22-13-15-24(16-14-22)42(4)19-23-18-37-28-26(38-23)27(34)40-31(35)41-28/h5-7,10-11,13-16,18,25H,8-9,12,17,19-20H2,1-4H3,(H,36,45)(H,39,43)(H4,34,35,37,40,41). The number of unbranched alkanes of at least 4 members (excludes halogenated alkanes) is 1. The second-order valence-electron chi connectivity index (χ2n) is 11.9. The van der Waals surface area contributed by atoms with Crippen LogP contribution in [0.25, 0.3) is 11.2 Å². The van der Waals surface area contributed by atoms with Gasteiger partial charge in [0.2, 0.25) is 5.95 Å². The van der Waals surface area contributed by atoms with Gasteiger partial charge in [0.1, 0.15) is 18.2 Å². The van der Waals surface area contributed by atoms with Crippen molar-refractivity contribution in [3.63, 3.8) is 0 Å². The van der Waals surface area contributed by atoms with Crippen LogP contribution in [0.4, 0.5) is 22.2 Å². The van der Waals surface area contributed by atoms with Crippen LogP contribution in [0.15, 0.2) is 60.8 Å². The van der Waals surface area contributed by atoms with E-state index in [9.17, 15) is 14.4 Å². The van der Waals surface area contributed by atoms with Crippen LogP contribution >= 0.6 is 0 Å². The number of nitrogens with one attached hydrogen (secondary N) is 2. The van der Waals surface area contributed by atoms with E-state index in [0.717, 1.165) is 11.3 Å². The zero-order chi connectivity index (χ0) is 34.0. The number of ether oxygens (including phenoxy) is 2. The molecule has 2 amide bonds. The number of hydrogen-bond acceptors (Lipinski definition) is 12. The van der Waals surface area contributed by atoms with E-state index in [-0.39, 0.29) is 18.4 Å². The van der Waals surface area contributed by atoms with E-state index in [2.05, 4.69) is 30.6 Å². The lowest BCUT2D eigenvalue weighted by atomic mass is 10.1. The first-order valence-corrected chi connectivity index (χ1v) is 15.2. The Kier molecular flexibility index (Phi) is 11.4. The lowest BCUT2D eigenvalue weighted by Gasteiger charge is -2.25. The number of esters is 1. The summed E-state index contributed by atoms with van der Waals surface area (Å²) < 4.78 is 10.8. The summed E-state index contributed by atoms with van der Waals surface area (Å²) in [5.41, 5.74) is 14.3. The van der Waals surface area contributed by atoms with Gasteiger partial charge in [-0.05, 0) is 69.9 Å². The zero-order valence-electron chi connectivity index (χ0n) is 27.0. The molecular weight excluding hydrogens is 602 g/mol. The molecule has 0 bridgehead atoms. The number of hydrogen-bond donors (Lipinski definition) is 4. The lowest BCUT2D eigenvalue weighted by Crippen LogP contribution is -2.44. The van der Waals surface area contributed by atoms with Gasteiger partial charge in [-0.3, -0.25) is 4.79 Å². The molecule has 14 nitrogen and oxygen atoms in total. The summed E-state index contributed by atoms with van der Waals surface area (Å²) in [6, 6.07) is 15.5. The van der Waals surface area contributed by atoms with Gasteiger partial charge in [-0.15, -0.1) is 0 Å². The molecule has 2 aromatic heterocycles. The molecule has 248 valence electrons. The van der Waals surface area contributed by atoms with Gasteiger partial charge in [0.25, 0.3) is 5.91 Å². The van der Waals surface area contributed by atoms with Crippen LogP contribution < -0.4 is 27.0 Å². The average Bonchev–Trinajstić information content (AvgIpc) is 3.03. The predicted octanol–water partition coefficient (Wildman–Crippen LogP) is 3.76. The van der Waals surface area contributed by atoms with E-state index in [1.807, 2.05) is 42.3 Å². The molecule has 1 unspecified atom stereocenters. The van der Waals surface area contributed by atoms with Crippen LogP contribution in [-0.4, -0.2) is 63.1 Å². The van der Waals surface area contributed by atoms with Crippen molar-refractivity contribution in [3.05, 3.63) is 77.6 Å². The largest absolute Gasteiger partial charge is 0.458 e. The van der Waals surface area contributed by atoms with E-state index < -0.39 is 29.6 Å². The Balaban J connectivity index is 1.30. The second-order valence-corrected chi connectivity index (χ2v) is 11.9. The number of rotatable bonds is 13. The summed E-state index contributed by atoms with van der Waals surface area (Å²) in [7, 11) is 1.88. The number of nitrogens with two attached hydrogens (primary N) is 2. The van der Waals surface area contributed by atoms with Gasteiger partial charge in [-0.1, -0.05) is 30.3 Å². The van der Waals surface area contributed by atoms with Gasteiger partial charge >= 0.3 is 12.1 Å². The lowest BCUT2D eigenvalue weighted by molar-refractivity contribution is -0.157. The molecule has 0 saturated carbocycles. The van der Waals surface area contributed by atoms with Crippen molar-refractivity contribution < 1.29 is 23.9 Å². The Labute approximate surface area is 273 Å². The molecule has 6 N–H and O–H groups in total. The van der Waals surface area contributed by atoms with Crippen molar-refractivity contribution in [2.24, 2.45) is 0 Å².